The standard InChI is InChI=1S/C11H12N4O3/c12-14-10-3-1-2-9(11(10)15(16)17)13-6-8-4-5-18-7-8/h1-5,7,13-14H,6,12H2. The van der Waals surface area contributed by atoms with Gasteiger partial charge >= 0.3 is 5.69 Å². The minimum Gasteiger partial charge on any atom is -0.472 e. The molecule has 0 unspecified atom stereocenters. The van der Waals surface area contributed by atoms with Crippen LogP contribution in [0.5, 0.6) is 0 Å². The number of nitro benzene ring substituents is 1. The van der Waals surface area contributed by atoms with E-state index in [9.17, 15) is 10.1 Å². The summed E-state index contributed by atoms with van der Waals surface area (Å²) >= 11 is 0. The van der Waals surface area contributed by atoms with E-state index in [4.69, 9.17) is 10.3 Å². The molecule has 0 saturated heterocycles. The molecule has 1 heterocycles. The highest BCUT2D eigenvalue weighted by Gasteiger charge is 2.18. The van der Waals surface area contributed by atoms with E-state index < -0.39 is 4.92 Å². The van der Waals surface area contributed by atoms with Gasteiger partial charge in [-0.25, -0.2) is 0 Å². The highest BCUT2D eigenvalue weighted by atomic mass is 16.6. The van der Waals surface area contributed by atoms with Gasteiger partial charge in [0.2, 0.25) is 0 Å². The molecule has 7 nitrogen and oxygen atoms in total. The monoisotopic (exact) mass is 248 g/mol. The molecule has 94 valence electrons. The summed E-state index contributed by atoms with van der Waals surface area (Å²) in [6.07, 6.45) is 3.12. The summed E-state index contributed by atoms with van der Waals surface area (Å²) in [5.41, 5.74) is 3.79. The number of furan rings is 1. The fraction of sp³-hybridized carbons (Fsp3) is 0.0909. The Balaban J connectivity index is 2.24. The van der Waals surface area contributed by atoms with Crippen molar-refractivity contribution in [3.05, 3.63) is 52.5 Å². The Morgan fingerprint density at radius 3 is 2.72 bits per heavy atom. The van der Waals surface area contributed by atoms with E-state index in [2.05, 4.69) is 10.7 Å². The number of nitrogens with zero attached hydrogens (tertiary/aromatic N) is 1. The van der Waals surface area contributed by atoms with Crippen molar-refractivity contribution in [2.75, 3.05) is 10.7 Å². The summed E-state index contributed by atoms with van der Waals surface area (Å²) in [5.74, 6) is 5.25. The number of para-hydroxylation sites is 1. The minimum absolute atomic E-state index is 0.0801. The molecule has 2 rings (SSSR count). The molecule has 0 radical (unpaired) electrons. The highest BCUT2D eigenvalue weighted by Crippen LogP contribution is 2.32. The second kappa shape index (κ2) is 5.19. The normalized spacial score (nSPS) is 10.1. The molecule has 0 aliphatic carbocycles. The number of nitro groups is 1. The lowest BCUT2D eigenvalue weighted by atomic mass is 10.2. The van der Waals surface area contributed by atoms with Crippen molar-refractivity contribution in [3.8, 4) is 0 Å². The number of benzene rings is 1. The van der Waals surface area contributed by atoms with Gasteiger partial charge in [-0.3, -0.25) is 16.0 Å². The molecule has 7 heteroatoms. The molecule has 0 aliphatic rings. The number of nitrogens with two attached hydrogens (primary N) is 1. The maximum absolute atomic E-state index is 11.0. The van der Waals surface area contributed by atoms with Gasteiger partial charge < -0.3 is 15.2 Å². The Morgan fingerprint density at radius 2 is 2.11 bits per heavy atom. The fourth-order valence-electron chi connectivity index (χ4n) is 1.59. The lowest BCUT2D eigenvalue weighted by molar-refractivity contribution is -0.383. The van der Waals surface area contributed by atoms with E-state index in [1.165, 1.54) is 0 Å². The topological polar surface area (TPSA) is 106 Å². The third-order valence-corrected chi connectivity index (χ3v) is 2.44. The largest absolute Gasteiger partial charge is 0.472 e. The molecule has 1 aromatic heterocycles. The lowest BCUT2D eigenvalue weighted by Gasteiger charge is -2.08. The van der Waals surface area contributed by atoms with Crippen LogP contribution in [0.25, 0.3) is 0 Å². The van der Waals surface area contributed by atoms with Crippen LogP contribution < -0.4 is 16.6 Å². The highest BCUT2D eigenvalue weighted by molar-refractivity contribution is 5.75. The van der Waals surface area contributed by atoms with Crippen LogP contribution in [0.15, 0.2) is 41.2 Å². The van der Waals surface area contributed by atoms with Gasteiger partial charge in [0.15, 0.2) is 0 Å². The number of nitrogens with one attached hydrogen (secondary N) is 2. The first-order chi connectivity index (χ1) is 8.72. The summed E-state index contributed by atoms with van der Waals surface area (Å²) < 4.78 is 4.92. The molecular formula is C11H12N4O3. The first kappa shape index (κ1) is 11.9. The van der Waals surface area contributed by atoms with Gasteiger partial charge in [0.05, 0.1) is 17.4 Å². The molecule has 0 saturated carbocycles. The van der Waals surface area contributed by atoms with Crippen LogP contribution in [-0.4, -0.2) is 4.92 Å². The summed E-state index contributed by atoms with van der Waals surface area (Å²) in [7, 11) is 0. The maximum Gasteiger partial charge on any atom is 0.316 e. The molecular weight excluding hydrogens is 236 g/mol. The Hall–Kier alpha value is -2.54. The Kier molecular flexibility index (Phi) is 3.44. The number of nitrogen functional groups attached to an aromatic ring is 1. The first-order valence-corrected chi connectivity index (χ1v) is 5.21. The predicted octanol–water partition coefficient (Wildman–Crippen LogP) is 2.09. The third kappa shape index (κ3) is 2.41. The van der Waals surface area contributed by atoms with Crippen molar-refractivity contribution in [1.82, 2.24) is 0 Å². The summed E-state index contributed by atoms with van der Waals surface area (Å²) in [4.78, 5) is 10.5. The molecule has 0 amide bonds. The average molecular weight is 248 g/mol. The average Bonchev–Trinajstić information content (AvgIpc) is 2.88. The van der Waals surface area contributed by atoms with Crippen molar-refractivity contribution >= 4 is 17.1 Å². The SMILES string of the molecule is NNc1cccc(NCc2ccoc2)c1[N+](=O)[O-]. The maximum atomic E-state index is 11.0. The van der Waals surface area contributed by atoms with E-state index in [1.54, 1.807) is 36.8 Å². The van der Waals surface area contributed by atoms with Crippen molar-refractivity contribution < 1.29 is 9.34 Å². The zero-order chi connectivity index (χ0) is 13.0. The summed E-state index contributed by atoms with van der Waals surface area (Å²) in [6.45, 7) is 0.436. The van der Waals surface area contributed by atoms with E-state index in [-0.39, 0.29) is 11.4 Å². The van der Waals surface area contributed by atoms with Crippen LogP contribution in [0.4, 0.5) is 17.1 Å². The lowest BCUT2D eigenvalue weighted by Crippen LogP contribution is -2.10. The fourth-order valence-corrected chi connectivity index (χ4v) is 1.59. The predicted molar refractivity (Wildman–Crippen MR) is 66.9 cm³/mol. The Bertz CT molecular complexity index is 539. The second-order valence-corrected chi connectivity index (χ2v) is 3.59. The molecule has 2 aromatic rings. The first-order valence-electron chi connectivity index (χ1n) is 5.21. The van der Waals surface area contributed by atoms with Gasteiger partial charge in [-0.05, 0) is 18.2 Å². The van der Waals surface area contributed by atoms with E-state index in [0.717, 1.165) is 5.56 Å². The van der Waals surface area contributed by atoms with Crippen LogP contribution in [0.1, 0.15) is 5.56 Å². The molecule has 18 heavy (non-hydrogen) atoms. The summed E-state index contributed by atoms with van der Waals surface area (Å²) in [5, 5.41) is 14.0. The van der Waals surface area contributed by atoms with E-state index in [0.29, 0.717) is 12.2 Å². The van der Waals surface area contributed by atoms with Crippen molar-refractivity contribution in [2.45, 2.75) is 6.54 Å². The van der Waals surface area contributed by atoms with Gasteiger partial charge in [-0.1, -0.05) is 6.07 Å². The number of anilines is 2. The van der Waals surface area contributed by atoms with Gasteiger partial charge in [-0.15, -0.1) is 0 Å². The quantitative estimate of drug-likeness (QED) is 0.425. The number of hydrogen-bond donors (Lipinski definition) is 3. The molecule has 0 spiro atoms. The second-order valence-electron chi connectivity index (χ2n) is 3.59. The van der Waals surface area contributed by atoms with Crippen molar-refractivity contribution in [3.63, 3.8) is 0 Å². The van der Waals surface area contributed by atoms with Crippen LogP contribution in [0, 0.1) is 10.1 Å². The van der Waals surface area contributed by atoms with E-state index >= 15 is 0 Å². The zero-order valence-corrected chi connectivity index (χ0v) is 9.42. The zero-order valence-electron chi connectivity index (χ0n) is 9.42. The van der Waals surface area contributed by atoms with Crippen LogP contribution in [0.2, 0.25) is 0 Å². The van der Waals surface area contributed by atoms with Gasteiger partial charge in [0.1, 0.15) is 11.4 Å². The van der Waals surface area contributed by atoms with Crippen molar-refractivity contribution in [2.24, 2.45) is 5.84 Å². The minimum atomic E-state index is -0.479. The van der Waals surface area contributed by atoms with Crippen LogP contribution in [0.3, 0.4) is 0 Å². The van der Waals surface area contributed by atoms with Crippen LogP contribution >= 0.6 is 0 Å². The molecule has 0 aliphatic heterocycles. The molecule has 0 atom stereocenters. The molecule has 4 N–H and O–H groups in total. The Morgan fingerprint density at radius 1 is 1.33 bits per heavy atom. The number of hydrazine groups is 1. The molecule has 0 fully saturated rings. The smallest absolute Gasteiger partial charge is 0.316 e. The molecule has 0 bridgehead atoms. The van der Waals surface area contributed by atoms with E-state index in [1.807, 2.05) is 0 Å². The van der Waals surface area contributed by atoms with Gasteiger partial charge in [-0.2, -0.15) is 0 Å². The van der Waals surface area contributed by atoms with Crippen molar-refractivity contribution in [1.29, 1.82) is 0 Å². The Labute approximate surface area is 103 Å². The number of hydrogen-bond acceptors (Lipinski definition) is 6. The number of rotatable bonds is 5. The third-order valence-electron chi connectivity index (χ3n) is 2.44. The summed E-state index contributed by atoms with van der Waals surface area (Å²) in [6, 6.07) is 6.63. The van der Waals surface area contributed by atoms with Crippen LogP contribution in [-0.2, 0) is 6.54 Å². The van der Waals surface area contributed by atoms with Gasteiger partial charge in [0.25, 0.3) is 0 Å². The molecule has 1 aromatic carbocycles. The van der Waals surface area contributed by atoms with Gasteiger partial charge in [0, 0.05) is 12.1 Å².